The Morgan fingerprint density at radius 1 is 0.317 bits per heavy atom. The molecule has 0 aromatic heterocycles. The highest BCUT2D eigenvalue weighted by Gasteiger charge is 2.42. The van der Waals surface area contributed by atoms with Gasteiger partial charge in [-0.05, 0) is 57.6 Å². The summed E-state index contributed by atoms with van der Waals surface area (Å²) in [4.78, 5) is 0. The fourth-order valence-corrected chi connectivity index (χ4v) is 5.68. The Hall–Kier alpha value is -4.96. The molecule has 0 fully saturated rings. The van der Waals surface area contributed by atoms with E-state index in [1.807, 2.05) is 84.9 Å². The molecule has 6 rings (SSSR count). The van der Waals surface area contributed by atoms with Crippen molar-refractivity contribution in [2.75, 3.05) is 0 Å². The lowest BCUT2D eigenvalue weighted by molar-refractivity contribution is 0.523. The lowest BCUT2D eigenvalue weighted by Gasteiger charge is -2.37. The average molecular weight is 545 g/mol. The van der Waals surface area contributed by atoms with Crippen molar-refractivity contribution >= 4 is 0 Å². The van der Waals surface area contributed by atoms with Gasteiger partial charge in [0.2, 0.25) is 0 Å². The van der Waals surface area contributed by atoms with E-state index in [2.05, 4.69) is 0 Å². The van der Waals surface area contributed by atoms with Crippen LogP contribution in [0.15, 0.2) is 146 Å². The van der Waals surface area contributed by atoms with E-state index in [9.17, 15) is 8.78 Å². The largest absolute Gasteiger partial charge is 0.207 e. The molecule has 0 saturated heterocycles. The first kappa shape index (κ1) is 26.3. The van der Waals surface area contributed by atoms with Crippen molar-refractivity contribution in [2.24, 2.45) is 0 Å². The van der Waals surface area contributed by atoms with Crippen LogP contribution in [0.2, 0.25) is 0 Å². The maximum atomic E-state index is 15.9. The zero-order valence-electron chi connectivity index (χ0n) is 21.9. The summed E-state index contributed by atoms with van der Waals surface area (Å²) in [7, 11) is 0. The van der Waals surface area contributed by atoms with Crippen molar-refractivity contribution in [3.8, 4) is 22.3 Å². The van der Waals surface area contributed by atoms with E-state index >= 15 is 8.78 Å². The van der Waals surface area contributed by atoms with Crippen molar-refractivity contribution in [1.29, 1.82) is 0 Å². The number of halogens is 4. The highest BCUT2D eigenvalue weighted by molar-refractivity contribution is 5.69. The fourth-order valence-electron chi connectivity index (χ4n) is 5.68. The summed E-state index contributed by atoms with van der Waals surface area (Å²) in [6.45, 7) is 0. The predicted molar refractivity (Wildman–Crippen MR) is 155 cm³/mol. The minimum absolute atomic E-state index is 0.136. The standard InChI is InChI=1S/C37H24F4/c38-31-13-7-14-32(39)35(31)27-19-23-30(24-20-27)37(28-11-5-2-6-12-28,36-33(40)15-8-16-34(36)41)29-21-17-26(18-22-29)25-9-3-1-4-10-25/h1-24H. The molecule has 0 heterocycles. The van der Waals surface area contributed by atoms with Crippen LogP contribution < -0.4 is 0 Å². The molecule has 41 heavy (non-hydrogen) atoms. The molecule has 0 aliphatic carbocycles. The maximum absolute atomic E-state index is 15.9. The maximum Gasteiger partial charge on any atom is 0.133 e. The molecule has 6 aromatic carbocycles. The van der Waals surface area contributed by atoms with Gasteiger partial charge >= 0.3 is 0 Å². The molecule has 0 amide bonds. The Kier molecular flexibility index (Phi) is 6.98. The number of benzene rings is 6. The average Bonchev–Trinajstić information content (AvgIpc) is 3.01. The predicted octanol–water partition coefficient (Wildman–Crippen LogP) is 9.96. The first-order valence-electron chi connectivity index (χ1n) is 13.2. The SMILES string of the molecule is Fc1cccc(F)c1-c1ccc(C(c2ccccc2)(c2ccc(-c3ccccc3)cc2)c2c(F)cccc2F)cc1. The minimum atomic E-state index is -1.42. The lowest BCUT2D eigenvalue weighted by atomic mass is 9.64. The van der Waals surface area contributed by atoms with E-state index < -0.39 is 28.7 Å². The lowest BCUT2D eigenvalue weighted by Crippen LogP contribution is -2.33. The number of hydrogen-bond donors (Lipinski definition) is 0. The van der Waals surface area contributed by atoms with Gasteiger partial charge in [0.15, 0.2) is 0 Å². The molecule has 1 atom stereocenters. The van der Waals surface area contributed by atoms with Crippen LogP contribution in [0, 0.1) is 23.3 Å². The summed E-state index contributed by atoms with van der Waals surface area (Å²) in [5.41, 5.74) is 2.39. The van der Waals surface area contributed by atoms with Crippen molar-refractivity contribution in [3.63, 3.8) is 0 Å². The van der Waals surface area contributed by atoms with Gasteiger partial charge in [-0.15, -0.1) is 0 Å². The topological polar surface area (TPSA) is 0 Å². The molecule has 0 aliphatic rings. The quantitative estimate of drug-likeness (QED) is 0.145. The van der Waals surface area contributed by atoms with Crippen molar-refractivity contribution < 1.29 is 17.6 Å². The van der Waals surface area contributed by atoms with Gasteiger partial charge in [-0.1, -0.05) is 121 Å². The first-order chi connectivity index (χ1) is 20.0. The Labute approximate surface area is 236 Å². The Morgan fingerprint density at radius 3 is 1.22 bits per heavy atom. The third kappa shape index (κ3) is 4.62. The second-order valence-corrected chi connectivity index (χ2v) is 9.83. The van der Waals surface area contributed by atoms with E-state index in [-0.39, 0.29) is 11.1 Å². The van der Waals surface area contributed by atoms with Crippen molar-refractivity contribution in [3.05, 3.63) is 191 Å². The second-order valence-electron chi connectivity index (χ2n) is 9.83. The van der Waals surface area contributed by atoms with Crippen LogP contribution in [-0.2, 0) is 5.41 Å². The molecule has 0 spiro atoms. The normalized spacial score (nSPS) is 12.6. The molecule has 1 unspecified atom stereocenters. The number of rotatable bonds is 6. The monoisotopic (exact) mass is 544 g/mol. The molecule has 4 heteroatoms. The van der Waals surface area contributed by atoms with E-state index in [0.717, 1.165) is 11.1 Å². The number of hydrogen-bond acceptors (Lipinski definition) is 0. The molecule has 0 aliphatic heterocycles. The van der Waals surface area contributed by atoms with Crippen LogP contribution in [-0.4, -0.2) is 0 Å². The van der Waals surface area contributed by atoms with Crippen molar-refractivity contribution in [1.82, 2.24) is 0 Å². The molecular weight excluding hydrogens is 520 g/mol. The van der Waals surface area contributed by atoms with Crippen LogP contribution in [0.4, 0.5) is 17.6 Å². The molecule has 0 saturated carbocycles. The van der Waals surface area contributed by atoms with Crippen LogP contribution >= 0.6 is 0 Å². The third-order valence-corrected chi connectivity index (χ3v) is 7.54. The molecule has 200 valence electrons. The zero-order chi connectivity index (χ0) is 28.4. The van der Waals surface area contributed by atoms with Crippen LogP contribution in [0.25, 0.3) is 22.3 Å². The van der Waals surface area contributed by atoms with Gasteiger partial charge in [-0.25, -0.2) is 17.6 Å². The van der Waals surface area contributed by atoms with Crippen LogP contribution in [0.3, 0.4) is 0 Å². The minimum Gasteiger partial charge on any atom is -0.207 e. The fraction of sp³-hybridized carbons (Fsp3) is 0.0270. The van der Waals surface area contributed by atoms with E-state index in [4.69, 9.17) is 0 Å². The summed E-state index contributed by atoms with van der Waals surface area (Å²) in [5.74, 6) is -2.79. The van der Waals surface area contributed by atoms with Crippen molar-refractivity contribution in [2.45, 2.75) is 5.41 Å². The summed E-state index contributed by atoms with van der Waals surface area (Å²) >= 11 is 0. The molecule has 0 N–H and O–H groups in total. The van der Waals surface area contributed by atoms with Gasteiger partial charge in [0.05, 0.1) is 11.0 Å². The summed E-state index contributed by atoms with van der Waals surface area (Å²) in [5, 5.41) is 0. The summed E-state index contributed by atoms with van der Waals surface area (Å²) < 4.78 is 60.9. The molecule has 0 bridgehead atoms. The third-order valence-electron chi connectivity index (χ3n) is 7.54. The highest BCUT2D eigenvalue weighted by atomic mass is 19.1. The van der Waals surface area contributed by atoms with Crippen LogP contribution in [0.1, 0.15) is 22.3 Å². The van der Waals surface area contributed by atoms with Gasteiger partial charge in [-0.2, -0.15) is 0 Å². The molecule has 0 radical (unpaired) electrons. The van der Waals surface area contributed by atoms with Gasteiger partial charge in [-0.3, -0.25) is 0 Å². The Morgan fingerprint density at radius 2 is 0.707 bits per heavy atom. The zero-order valence-corrected chi connectivity index (χ0v) is 21.9. The molecular formula is C37H24F4. The molecule has 0 nitrogen and oxygen atoms in total. The highest BCUT2D eigenvalue weighted by Crippen LogP contribution is 2.47. The van der Waals surface area contributed by atoms with Crippen LogP contribution in [0.5, 0.6) is 0 Å². The van der Waals surface area contributed by atoms with Gasteiger partial charge in [0, 0.05) is 5.56 Å². The Bertz CT molecular complexity index is 1760. The second kappa shape index (κ2) is 10.9. The molecule has 6 aromatic rings. The first-order valence-corrected chi connectivity index (χ1v) is 13.2. The van der Waals surface area contributed by atoms with E-state index in [0.29, 0.717) is 22.3 Å². The van der Waals surface area contributed by atoms with E-state index in [1.54, 1.807) is 24.3 Å². The smallest absolute Gasteiger partial charge is 0.133 e. The Balaban J connectivity index is 1.64. The van der Waals surface area contributed by atoms with Gasteiger partial charge in [0.1, 0.15) is 23.3 Å². The van der Waals surface area contributed by atoms with Gasteiger partial charge in [0.25, 0.3) is 0 Å². The summed E-state index contributed by atoms with van der Waals surface area (Å²) in [6, 6.07) is 40.7. The van der Waals surface area contributed by atoms with E-state index in [1.165, 1.54) is 36.4 Å². The summed E-state index contributed by atoms with van der Waals surface area (Å²) in [6.07, 6.45) is 0. The van der Waals surface area contributed by atoms with Gasteiger partial charge < -0.3 is 0 Å².